The van der Waals surface area contributed by atoms with Gasteiger partial charge in [-0.3, -0.25) is 9.69 Å². The van der Waals surface area contributed by atoms with Gasteiger partial charge in [-0.25, -0.2) is 18.9 Å². The van der Waals surface area contributed by atoms with E-state index < -0.39 is 35.4 Å². The van der Waals surface area contributed by atoms with Crippen molar-refractivity contribution in [2.75, 3.05) is 25.9 Å². The fourth-order valence-electron chi connectivity index (χ4n) is 4.76. The van der Waals surface area contributed by atoms with Gasteiger partial charge in [0.2, 0.25) is 5.88 Å². The Morgan fingerprint density at radius 3 is 2.77 bits per heavy atom. The molecule has 1 aromatic carbocycles. The predicted octanol–water partition coefficient (Wildman–Crippen LogP) is 3.22. The Morgan fingerprint density at radius 2 is 2.05 bits per heavy atom. The molecule has 0 saturated carbocycles. The van der Waals surface area contributed by atoms with Crippen molar-refractivity contribution in [1.29, 1.82) is 5.26 Å². The van der Waals surface area contributed by atoms with E-state index >= 15 is 0 Å². The van der Waals surface area contributed by atoms with Crippen molar-refractivity contribution in [3.8, 4) is 23.2 Å². The molecule has 10 nitrogen and oxygen atoms in total. The first-order valence-electron chi connectivity index (χ1n) is 12.0. The molecular weight excluding hydrogens is 532 g/mol. The van der Waals surface area contributed by atoms with Gasteiger partial charge >= 0.3 is 6.18 Å². The number of nitrogen functional groups attached to an aromatic ring is 1. The molecule has 2 atom stereocenters. The fraction of sp³-hybridized carbons (Fsp3) is 0.269. The maximum Gasteiger partial charge on any atom is 0.418 e. The summed E-state index contributed by atoms with van der Waals surface area (Å²) in [7, 11) is 1.28. The largest absolute Gasteiger partial charge is 0.480 e. The summed E-state index contributed by atoms with van der Waals surface area (Å²) in [6, 6.07) is 10.3. The van der Waals surface area contributed by atoms with Gasteiger partial charge in [0.1, 0.15) is 23.6 Å². The first-order valence-corrected chi connectivity index (χ1v) is 12.0. The zero-order valence-corrected chi connectivity index (χ0v) is 21.0. The number of rotatable bonds is 6. The molecule has 1 aliphatic rings. The molecule has 1 saturated heterocycles. The molecule has 1 fully saturated rings. The van der Waals surface area contributed by atoms with Gasteiger partial charge in [-0.2, -0.15) is 23.5 Å². The predicted molar refractivity (Wildman–Crippen MR) is 135 cm³/mol. The smallest absolute Gasteiger partial charge is 0.418 e. The van der Waals surface area contributed by atoms with E-state index in [-0.39, 0.29) is 41.6 Å². The van der Waals surface area contributed by atoms with E-state index in [2.05, 4.69) is 26.5 Å². The standard InChI is InChI=1S/C26H22F4N8O2/c1-40-25-17(24(39)36-20-12-37(11-19(20)27)10-15-4-2-3-14(5-15)8-31)6-16(9-33-25)21-7-18(26(28,29)30)22-23(32)34-13-35-38(21)22/h2-7,9,13,19-20H,10-12H2,1H3,(H,36,39)(H2,32,34,35). The molecule has 3 N–H and O–H groups in total. The second kappa shape index (κ2) is 10.4. The number of halogens is 4. The highest BCUT2D eigenvalue weighted by Crippen LogP contribution is 2.39. The minimum absolute atomic E-state index is 0.0318. The summed E-state index contributed by atoms with van der Waals surface area (Å²) in [4.78, 5) is 22.8. The number of carbonyl (C=O) groups is 1. The van der Waals surface area contributed by atoms with Gasteiger partial charge in [-0.15, -0.1) is 0 Å². The number of hydrogen-bond acceptors (Lipinski definition) is 8. The van der Waals surface area contributed by atoms with Crippen molar-refractivity contribution in [3.05, 3.63) is 71.2 Å². The molecule has 206 valence electrons. The molecule has 0 spiro atoms. The second-order valence-electron chi connectivity index (χ2n) is 9.23. The van der Waals surface area contributed by atoms with Crippen molar-refractivity contribution < 1.29 is 27.1 Å². The average Bonchev–Trinajstić information content (AvgIpc) is 3.49. The third-order valence-corrected chi connectivity index (χ3v) is 6.58. The van der Waals surface area contributed by atoms with Crippen molar-refractivity contribution in [1.82, 2.24) is 29.8 Å². The maximum atomic E-state index is 14.9. The highest BCUT2D eigenvalue weighted by Gasteiger charge is 2.37. The first-order chi connectivity index (χ1) is 19.1. The van der Waals surface area contributed by atoms with Gasteiger partial charge in [0, 0.05) is 31.4 Å². The average molecular weight is 555 g/mol. The van der Waals surface area contributed by atoms with Crippen molar-refractivity contribution >= 4 is 17.2 Å². The number of methoxy groups -OCH3 is 1. The molecule has 2 unspecified atom stereocenters. The van der Waals surface area contributed by atoms with Crippen LogP contribution in [0.4, 0.5) is 23.4 Å². The Balaban J connectivity index is 1.41. The minimum Gasteiger partial charge on any atom is -0.480 e. The van der Waals surface area contributed by atoms with Gasteiger partial charge in [-0.05, 0) is 29.8 Å². The second-order valence-corrected chi connectivity index (χ2v) is 9.23. The number of ether oxygens (including phenoxy) is 1. The van der Waals surface area contributed by atoms with Crippen molar-refractivity contribution in [2.24, 2.45) is 0 Å². The van der Waals surface area contributed by atoms with Crippen LogP contribution < -0.4 is 15.8 Å². The van der Waals surface area contributed by atoms with Crippen LogP contribution in [0.25, 0.3) is 16.8 Å². The summed E-state index contributed by atoms with van der Waals surface area (Å²) in [5, 5.41) is 15.7. The first kappa shape index (κ1) is 26.8. The van der Waals surface area contributed by atoms with Gasteiger partial charge in [0.25, 0.3) is 5.91 Å². The third-order valence-electron chi connectivity index (χ3n) is 6.58. The van der Waals surface area contributed by atoms with E-state index in [0.717, 1.165) is 22.5 Å². The van der Waals surface area contributed by atoms with Crippen LogP contribution in [0.1, 0.15) is 27.0 Å². The van der Waals surface area contributed by atoms with Crippen LogP contribution in [0.15, 0.2) is 48.9 Å². The number of hydrogen-bond donors (Lipinski definition) is 2. The van der Waals surface area contributed by atoms with Crippen LogP contribution in [0, 0.1) is 11.3 Å². The molecule has 1 amide bonds. The van der Waals surface area contributed by atoms with Crippen LogP contribution in [0.3, 0.4) is 0 Å². The Labute approximate surface area is 225 Å². The molecule has 14 heteroatoms. The molecule has 4 heterocycles. The fourth-order valence-corrected chi connectivity index (χ4v) is 4.76. The Morgan fingerprint density at radius 1 is 1.25 bits per heavy atom. The Kier molecular flexibility index (Phi) is 6.99. The number of nitrogens with one attached hydrogen (secondary N) is 1. The Hall–Kier alpha value is -4.77. The number of alkyl halides is 4. The molecule has 0 bridgehead atoms. The number of amides is 1. The van der Waals surface area contributed by atoms with Gasteiger partial charge in [0.05, 0.1) is 36.0 Å². The lowest BCUT2D eigenvalue weighted by molar-refractivity contribution is -0.136. The molecule has 0 radical (unpaired) electrons. The van der Waals surface area contributed by atoms with Gasteiger partial charge in [-0.1, -0.05) is 12.1 Å². The topological polar surface area (TPSA) is 134 Å². The summed E-state index contributed by atoms with van der Waals surface area (Å²) in [5.41, 5.74) is 5.56. The highest BCUT2D eigenvalue weighted by molar-refractivity contribution is 5.98. The lowest BCUT2D eigenvalue weighted by Crippen LogP contribution is -2.41. The molecule has 4 aromatic rings. The highest BCUT2D eigenvalue weighted by atomic mass is 19.4. The normalized spacial score (nSPS) is 17.6. The SMILES string of the molecule is COc1ncc(-c2cc(C(F)(F)F)c3c(N)ncnn23)cc1C(=O)NC1CN(Cc2cccc(C#N)c2)CC1F. The lowest BCUT2D eigenvalue weighted by Gasteiger charge is -2.17. The number of nitrogens with zero attached hydrogens (tertiary/aromatic N) is 6. The number of fused-ring (bicyclic) bond motifs is 1. The summed E-state index contributed by atoms with van der Waals surface area (Å²) >= 11 is 0. The quantitative estimate of drug-likeness (QED) is 0.347. The van der Waals surface area contributed by atoms with Gasteiger partial charge < -0.3 is 15.8 Å². The van der Waals surface area contributed by atoms with Crippen LogP contribution in [-0.4, -0.2) is 62.8 Å². The van der Waals surface area contributed by atoms with Crippen molar-refractivity contribution in [2.45, 2.75) is 24.9 Å². The lowest BCUT2D eigenvalue weighted by atomic mass is 10.1. The van der Waals surface area contributed by atoms with Crippen LogP contribution >= 0.6 is 0 Å². The number of pyridine rings is 1. The van der Waals surface area contributed by atoms with E-state index in [1.54, 1.807) is 18.2 Å². The number of carbonyl (C=O) groups excluding carboxylic acids is 1. The molecule has 0 aliphatic carbocycles. The molecule has 5 rings (SSSR count). The number of aromatic nitrogens is 4. The summed E-state index contributed by atoms with van der Waals surface area (Å²) in [5.74, 6) is -1.17. The number of anilines is 1. The number of likely N-dealkylation sites (tertiary alicyclic amines) is 1. The summed E-state index contributed by atoms with van der Waals surface area (Å²) in [6.45, 7) is 0.652. The van der Waals surface area contributed by atoms with E-state index in [4.69, 9.17) is 15.7 Å². The minimum atomic E-state index is -4.75. The number of nitrogens with two attached hydrogens (primary N) is 1. The third kappa shape index (κ3) is 5.10. The maximum absolute atomic E-state index is 14.9. The molecule has 1 aliphatic heterocycles. The van der Waals surface area contributed by atoms with Crippen LogP contribution in [0.2, 0.25) is 0 Å². The summed E-state index contributed by atoms with van der Waals surface area (Å²) < 4.78 is 62.3. The molecular formula is C26H22F4N8O2. The number of benzene rings is 1. The zero-order valence-electron chi connectivity index (χ0n) is 21.0. The zero-order chi connectivity index (χ0) is 28.6. The molecule has 40 heavy (non-hydrogen) atoms. The molecule has 3 aromatic heterocycles. The van der Waals surface area contributed by atoms with Crippen LogP contribution in [-0.2, 0) is 12.7 Å². The van der Waals surface area contributed by atoms with Crippen LogP contribution in [0.5, 0.6) is 5.88 Å². The Bertz CT molecular complexity index is 1630. The number of nitriles is 1. The van der Waals surface area contributed by atoms with Crippen molar-refractivity contribution in [3.63, 3.8) is 0 Å². The van der Waals surface area contributed by atoms with E-state index in [0.29, 0.717) is 12.1 Å². The van der Waals surface area contributed by atoms with E-state index in [1.165, 1.54) is 19.4 Å². The van der Waals surface area contributed by atoms with E-state index in [9.17, 15) is 22.4 Å². The summed E-state index contributed by atoms with van der Waals surface area (Å²) in [6.07, 6.45) is -3.88. The van der Waals surface area contributed by atoms with Gasteiger partial charge in [0.15, 0.2) is 5.82 Å². The monoisotopic (exact) mass is 554 g/mol. The van der Waals surface area contributed by atoms with E-state index in [1.807, 2.05) is 11.0 Å².